The molecule has 19 heavy (non-hydrogen) atoms. The van der Waals surface area contributed by atoms with Crippen molar-refractivity contribution in [1.82, 2.24) is 4.42 Å². The van der Waals surface area contributed by atoms with E-state index in [0.717, 1.165) is 32.0 Å². The fraction of sp³-hybridized carbons (Fsp3) is 0.538. The van der Waals surface area contributed by atoms with E-state index in [1.54, 1.807) is 10.5 Å². The number of para-hydroxylation sites is 1. The minimum Gasteiger partial charge on any atom is -0.384 e. The summed E-state index contributed by atoms with van der Waals surface area (Å²) in [6, 6.07) is 5.59. The van der Waals surface area contributed by atoms with Gasteiger partial charge >= 0.3 is 6.18 Å². The number of anilines is 1. The number of piperidine rings is 1. The topological polar surface area (TPSA) is 15.3 Å². The summed E-state index contributed by atoms with van der Waals surface area (Å²) in [6.45, 7) is 2.13. The van der Waals surface area contributed by atoms with Gasteiger partial charge in [-0.15, -0.1) is 0 Å². The number of nitrogens with zero attached hydrogens (tertiary/aromatic N) is 1. The largest absolute Gasteiger partial charge is 0.418 e. The second-order valence-corrected chi connectivity index (χ2v) is 5.26. The van der Waals surface area contributed by atoms with E-state index in [1.165, 1.54) is 12.1 Å². The molecule has 0 aliphatic carbocycles. The van der Waals surface area contributed by atoms with Crippen molar-refractivity contribution in [3.63, 3.8) is 0 Å². The molecule has 0 saturated carbocycles. The fourth-order valence-corrected chi connectivity index (χ4v) is 2.44. The summed E-state index contributed by atoms with van der Waals surface area (Å²) >= 11 is 5.85. The highest BCUT2D eigenvalue weighted by Gasteiger charge is 2.33. The monoisotopic (exact) mass is 292 g/mol. The number of hydrogen-bond acceptors (Lipinski definition) is 2. The Morgan fingerprint density at radius 3 is 2.47 bits per heavy atom. The summed E-state index contributed by atoms with van der Waals surface area (Å²) in [7, 11) is 0. The molecule has 0 unspecified atom stereocenters. The van der Waals surface area contributed by atoms with Crippen LogP contribution in [0.1, 0.15) is 18.4 Å². The van der Waals surface area contributed by atoms with Crippen LogP contribution in [0.3, 0.4) is 0 Å². The van der Waals surface area contributed by atoms with Crippen LogP contribution >= 0.6 is 11.8 Å². The zero-order chi connectivity index (χ0) is 13.9. The Morgan fingerprint density at radius 1 is 1.21 bits per heavy atom. The van der Waals surface area contributed by atoms with E-state index < -0.39 is 11.7 Å². The molecule has 0 atom stereocenters. The first-order valence-electron chi connectivity index (χ1n) is 6.27. The molecule has 106 valence electrons. The minimum atomic E-state index is -4.32. The summed E-state index contributed by atoms with van der Waals surface area (Å²) < 4.78 is 40.1. The predicted molar refractivity (Wildman–Crippen MR) is 70.1 cm³/mol. The third kappa shape index (κ3) is 4.01. The molecule has 2 rings (SSSR count). The number of nitrogens with one attached hydrogen (secondary N) is 1. The molecule has 6 heteroatoms. The highest BCUT2D eigenvalue weighted by molar-refractivity contribution is 6.13. The molecule has 1 fully saturated rings. The average Bonchev–Trinajstić information content (AvgIpc) is 2.37. The summed E-state index contributed by atoms with van der Waals surface area (Å²) in [6.07, 6.45) is -2.50. The molecule has 0 spiro atoms. The van der Waals surface area contributed by atoms with Gasteiger partial charge in [-0.2, -0.15) is 13.2 Å². The van der Waals surface area contributed by atoms with E-state index in [4.69, 9.17) is 11.8 Å². The van der Waals surface area contributed by atoms with Crippen LogP contribution in [0, 0.1) is 5.92 Å². The van der Waals surface area contributed by atoms with Gasteiger partial charge in [-0.1, -0.05) is 12.1 Å². The van der Waals surface area contributed by atoms with Crippen LogP contribution in [0.5, 0.6) is 0 Å². The van der Waals surface area contributed by atoms with E-state index in [2.05, 4.69) is 5.32 Å². The molecule has 1 N–H and O–H groups in total. The molecular weight excluding hydrogens is 277 g/mol. The molecule has 1 saturated heterocycles. The van der Waals surface area contributed by atoms with Gasteiger partial charge in [0.1, 0.15) is 0 Å². The lowest BCUT2D eigenvalue weighted by molar-refractivity contribution is -0.137. The second kappa shape index (κ2) is 6.01. The van der Waals surface area contributed by atoms with Crippen LogP contribution in [0.4, 0.5) is 18.9 Å². The fourth-order valence-electron chi connectivity index (χ4n) is 2.24. The second-order valence-electron chi connectivity index (χ2n) is 4.78. The van der Waals surface area contributed by atoms with Crippen molar-refractivity contribution in [1.29, 1.82) is 0 Å². The third-order valence-corrected chi connectivity index (χ3v) is 3.71. The third-order valence-electron chi connectivity index (χ3n) is 3.37. The van der Waals surface area contributed by atoms with Gasteiger partial charge in [0, 0.05) is 25.3 Å². The van der Waals surface area contributed by atoms with Crippen molar-refractivity contribution in [3.8, 4) is 0 Å². The van der Waals surface area contributed by atoms with Gasteiger partial charge in [0.15, 0.2) is 0 Å². The predicted octanol–water partition coefficient (Wildman–Crippen LogP) is 3.98. The number of benzene rings is 1. The Labute approximate surface area is 115 Å². The van der Waals surface area contributed by atoms with Gasteiger partial charge in [-0.05, 0) is 42.7 Å². The zero-order valence-corrected chi connectivity index (χ0v) is 11.1. The van der Waals surface area contributed by atoms with E-state index in [0.29, 0.717) is 12.5 Å². The van der Waals surface area contributed by atoms with Crippen molar-refractivity contribution >= 4 is 17.5 Å². The molecule has 2 nitrogen and oxygen atoms in total. The molecule has 1 aliphatic heterocycles. The SMILES string of the molecule is FC(F)(F)c1ccccc1NCC1CCN(Cl)CC1. The maximum Gasteiger partial charge on any atom is 0.418 e. The average molecular weight is 293 g/mol. The van der Waals surface area contributed by atoms with E-state index in [-0.39, 0.29) is 5.69 Å². The van der Waals surface area contributed by atoms with E-state index in [1.807, 2.05) is 0 Å². The maximum atomic E-state index is 12.8. The molecular formula is C13H16ClF3N2. The van der Waals surface area contributed by atoms with Crippen LogP contribution in [-0.2, 0) is 6.18 Å². The molecule has 1 heterocycles. The lowest BCUT2D eigenvalue weighted by Crippen LogP contribution is -2.30. The number of halogens is 4. The molecule has 0 aromatic heterocycles. The summed E-state index contributed by atoms with van der Waals surface area (Å²) in [5.74, 6) is 0.372. The number of alkyl halides is 3. The Hall–Kier alpha value is -0.940. The number of hydrogen-bond donors (Lipinski definition) is 1. The number of rotatable bonds is 3. The van der Waals surface area contributed by atoms with Crippen molar-refractivity contribution in [2.75, 3.05) is 25.0 Å². The van der Waals surface area contributed by atoms with Gasteiger partial charge < -0.3 is 5.32 Å². The Bertz CT molecular complexity index is 415. The molecule has 0 radical (unpaired) electrons. The van der Waals surface area contributed by atoms with Gasteiger partial charge in [0.05, 0.1) is 5.56 Å². The van der Waals surface area contributed by atoms with E-state index >= 15 is 0 Å². The lowest BCUT2D eigenvalue weighted by Gasteiger charge is -2.27. The first-order chi connectivity index (χ1) is 8.97. The molecule has 0 bridgehead atoms. The van der Waals surface area contributed by atoms with Crippen molar-refractivity contribution < 1.29 is 13.2 Å². The smallest absolute Gasteiger partial charge is 0.384 e. The van der Waals surface area contributed by atoms with Crippen molar-refractivity contribution in [2.45, 2.75) is 19.0 Å². The van der Waals surface area contributed by atoms with Gasteiger partial charge in [0.2, 0.25) is 0 Å². The molecule has 1 aliphatic rings. The zero-order valence-electron chi connectivity index (χ0n) is 10.4. The lowest BCUT2D eigenvalue weighted by atomic mass is 9.98. The van der Waals surface area contributed by atoms with Crippen molar-refractivity contribution in [2.24, 2.45) is 5.92 Å². The minimum absolute atomic E-state index is 0.156. The normalized spacial score (nSPS) is 18.5. The van der Waals surface area contributed by atoms with Crippen LogP contribution in [0.15, 0.2) is 24.3 Å². The maximum absolute atomic E-state index is 12.8. The van der Waals surface area contributed by atoms with E-state index in [9.17, 15) is 13.2 Å². The Balaban J connectivity index is 1.96. The molecule has 0 amide bonds. The first kappa shape index (κ1) is 14.5. The first-order valence-corrected chi connectivity index (χ1v) is 6.61. The summed E-state index contributed by atoms with van der Waals surface area (Å²) in [4.78, 5) is 0. The van der Waals surface area contributed by atoms with Crippen LogP contribution in [-0.4, -0.2) is 24.1 Å². The standard InChI is InChI=1S/C13H16ClF3N2/c14-19-7-5-10(6-8-19)9-18-12-4-2-1-3-11(12)13(15,16)17/h1-4,10,18H,5-9H2. The van der Waals surface area contributed by atoms with Crippen LogP contribution in [0.2, 0.25) is 0 Å². The van der Waals surface area contributed by atoms with Crippen molar-refractivity contribution in [3.05, 3.63) is 29.8 Å². The Kier molecular flexibility index (Phi) is 4.58. The molecule has 1 aromatic carbocycles. The van der Waals surface area contributed by atoms with Crippen LogP contribution in [0.25, 0.3) is 0 Å². The highest BCUT2D eigenvalue weighted by Crippen LogP contribution is 2.34. The van der Waals surface area contributed by atoms with Crippen LogP contribution < -0.4 is 5.32 Å². The Morgan fingerprint density at radius 2 is 1.84 bits per heavy atom. The highest BCUT2D eigenvalue weighted by atomic mass is 35.5. The van der Waals surface area contributed by atoms with Gasteiger partial charge in [-0.25, -0.2) is 4.42 Å². The summed E-state index contributed by atoms with van der Waals surface area (Å²) in [5, 5.41) is 2.92. The quantitative estimate of drug-likeness (QED) is 0.848. The summed E-state index contributed by atoms with van der Waals surface area (Å²) in [5.41, 5.74) is -0.451. The van der Waals surface area contributed by atoms with Gasteiger partial charge in [0.25, 0.3) is 0 Å². The molecule has 1 aromatic rings. The van der Waals surface area contributed by atoms with Gasteiger partial charge in [-0.3, -0.25) is 0 Å².